The second-order valence-electron chi connectivity index (χ2n) is 3.20. The zero-order valence-electron chi connectivity index (χ0n) is 8.43. The zero-order chi connectivity index (χ0) is 9.68. The number of rotatable bonds is 3. The van der Waals surface area contributed by atoms with Crippen molar-refractivity contribution in [2.24, 2.45) is 0 Å². The van der Waals surface area contributed by atoms with Gasteiger partial charge in [0.2, 0.25) is 0 Å². The van der Waals surface area contributed by atoms with Gasteiger partial charge in [0, 0.05) is 6.21 Å². The van der Waals surface area contributed by atoms with E-state index < -0.39 is 0 Å². The number of allylic oxidation sites excluding steroid dienone is 6. The fourth-order valence-electron chi connectivity index (χ4n) is 1.70. The van der Waals surface area contributed by atoms with Crippen LogP contribution in [0.15, 0.2) is 34.9 Å². The third-order valence-corrected chi connectivity index (χ3v) is 2.48. The van der Waals surface area contributed by atoms with Crippen LogP contribution >= 0.6 is 0 Å². The molecule has 1 aliphatic carbocycles. The summed E-state index contributed by atoms with van der Waals surface area (Å²) in [6, 6.07) is 0. The lowest BCUT2D eigenvalue weighted by atomic mass is 9.91. The largest absolute Gasteiger partial charge is 0.308 e. The average molecular weight is 175 g/mol. The van der Waals surface area contributed by atoms with Gasteiger partial charge in [0.05, 0.1) is 0 Å². The molecule has 0 aliphatic heterocycles. The highest BCUT2D eigenvalue weighted by Gasteiger charge is 2.08. The summed E-state index contributed by atoms with van der Waals surface area (Å²) < 4.78 is 0. The van der Waals surface area contributed by atoms with Crippen LogP contribution in [0.4, 0.5) is 0 Å². The van der Waals surface area contributed by atoms with E-state index in [2.05, 4.69) is 19.1 Å². The molecule has 0 aromatic carbocycles. The minimum Gasteiger partial charge on any atom is -0.308 e. The molecule has 0 radical (unpaired) electrons. The molecule has 0 aromatic rings. The van der Waals surface area contributed by atoms with Crippen molar-refractivity contribution in [2.45, 2.75) is 33.1 Å². The van der Waals surface area contributed by atoms with Crippen molar-refractivity contribution in [3.05, 3.63) is 34.9 Å². The SMILES string of the molecule is C/C=C(\C=N)C1=C(CC)CCC=C1. The molecule has 0 saturated carbocycles. The van der Waals surface area contributed by atoms with E-state index in [9.17, 15) is 0 Å². The van der Waals surface area contributed by atoms with Gasteiger partial charge in [-0.15, -0.1) is 0 Å². The van der Waals surface area contributed by atoms with Crippen LogP contribution in [0, 0.1) is 5.41 Å². The summed E-state index contributed by atoms with van der Waals surface area (Å²) in [5, 5.41) is 7.30. The summed E-state index contributed by atoms with van der Waals surface area (Å²) >= 11 is 0. The van der Waals surface area contributed by atoms with Crippen LogP contribution in [0.3, 0.4) is 0 Å². The number of hydrogen-bond acceptors (Lipinski definition) is 1. The van der Waals surface area contributed by atoms with Gasteiger partial charge in [-0.2, -0.15) is 0 Å². The summed E-state index contributed by atoms with van der Waals surface area (Å²) in [6.07, 6.45) is 11.2. The van der Waals surface area contributed by atoms with E-state index in [-0.39, 0.29) is 0 Å². The third-order valence-electron chi connectivity index (χ3n) is 2.48. The van der Waals surface area contributed by atoms with E-state index in [0.717, 1.165) is 24.8 Å². The molecule has 0 aromatic heterocycles. The average Bonchev–Trinajstić information content (AvgIpc) is 2.20. The van der Waals surface area contributed by atoms with Gasteiger partial charge in [0.25, 0.3) is 0 Å². The summed E-state index contributed by atoms with van der Waals surface area (Å²) in [5.41, 5.74) is 3.80. The first-order valence-electron chi connectivity index (χ1n) is 4.89. The molecule has 1 rings (SSSR count). The second-order valence-corrected chi connectivity index (χ2v) is 3.20. The second kappa shape index (κ2) is 4.80. The lowest BCUT2D eigenvalue weighted by Gasteiger charge is -2.14. The molecule has 1 heteroatoms. The van der Waals surface area contributed by atoms with Crippen molar-refractivity contribution in [1.82, 2.24) is 0 Å². The Morgan fingerprint density at radius 3 is 2.92 bits per heavy atom. The predicted molar refractivity (Wildman–Crippen MR) is 58.2 cm³/mol. The minimum absolute atomic E-state index is 1.05. The molecule has 0 saturated heterocycles. The maximum Gasteiger partial charge on any atom is 0.0252 e. The maximum absolute atomic E-state index is 7.30. The van der Waals surface area contributed by atoms with Crippen LogP contribution in [0.25, 0.3) is 0 Å². The molecule has 0 atom stereocenters. The summed E-state index contributed by atoms with van der Waals surface area (Å²) in [6.45, 7) is 4.18. The van der Waals surface area contributed by atoms with Crippen LogP contribution in [0.2, 0.25) is 0 Å². The Bertz CT molecular complexity index is 279. The highest BCUT2D eigenvalue weighted by molar-refractivity contribution is 5.84. The molecule has 1 N–H and O–H groups in total. The van der Waals surface area contributed by atoms with Crippen LogP contribution in [-0.4, -0.2) is 6.21 Å². The molecule has 70 valence electrons. The lowest BCUT2D eigenvalue weighted by molar-refractivity contribution is 0.881. The topological polar surface area (TPSA) is 23.9 Å². The molecule has 0 fully saturated rings. The van der Waals surface area contributed by atoms with E-state index in [4.69, 9.17) is 5.41 Å². The van der Waals surface area contributed by atoms with Gasteiger partial charge in [0.1, 0.15) is 0 Å². The highest BCUT2D eigenvalue weighted by atomic mass is 14.3. The number of nitrogens with one attached hydrogen (secondary N) is 1. The van der Waals surface area contributed by atoms with E-state index in [1.54, 1.807) is 0 Å². The van der Waals surface area contributed by atoms with Crippen LogP contribution in [-0.2, 0) is 0 Å². The monoisotopic (exact) mass is 175 g/mol. The van der Waals surface area contributed by atoms with Gasteiger partial charge in [-0.3, -0.25) is 0 Å². The Hall–Kier alpha value is -1.11. The van der Waals surface area contributed by atoms with Gasteiger partial charge in [-0.1, -0.05) is 30.7 Å². The van der Waals surface area contributed by atoms with Gasteiger partial charge >= 0.3 is 0 Å². The zero-order valence-corrected chi connectivity index (χ0v) is 8.43. The third kappa shape index (κ3) is 2.18. The van der Waals surface area contributed by atoms with Crippen molar-refractivity contribution in [3.63, 3.8) is 0 Å². The van der Waals surface area contributed by atoms with Gasteiger partial charge in [-0.05, 0) is 37.3 Å². The summed E-state index contributed by atoms with van der Waals surface area (Å²) in [5.74, 6) is 0. The Morgan fingerprint density at radius 2 is 2.38 bits per heavy atom. The maximum atomic E-state index is 7.30. The molecular formula is C12H17N. The van der Waals surface area contributed by atoms with Gasteiger partial charge in [0.15, 0.2) is 0 Å². The molecule has 1 aliphatic rings. The Morgan fingerprint density at radius 1 is 1.62 bits per heavy atom. The molecule has 0 bridgehead atoms. The van der Waals surface area contributed by atoms with Crippen molar-refractivity contribution < 1.29 is 0 Å². The predicted octanol–water partition coefficient (Wildman–Crippen LogP) is 3.64. The first kappa shape index (κ1) is 9.97. The normalized spacial score (nSPS) is 17.8. The fraction of sp³-hybridized carbons (Fsp3) is 0.417. The Balaban J connectivity index is 3.04. The molecule has 0 amide bonds. The Kier molecular flexibility index (Phi) is 3.69. The standard InChI is InChI=1S/C12H17N/c1-3-10-7-5-6-8-12(10)11(4-2)9-13/h4,6,8-9,13H,3,5,7H2,1-2H3/b11-4+,13-9?. The minimum atomic E-state index is 1.05. The molecule has 13 heavy (non-hydrogen) atoms. The molecule has 0 heterocycles. The van der Waals surface area contributed by atoms with Crippen LogP contribution < -0.4 is 0 Å². The van der Waals surface area contributed by atoms with Gasteiger partial charge in [-0.25, -0.2) is 0 Å². The summed E-state index contributed by atoms with van der Waals surface area (Å²) in [7, 11) is 0. The molecule has 0 spiro atoms. The summed E-state index contributed by atoms with van der Waals surface area (Å²) in [4.78, 5) is 0. The van der Waals surface area contributed by atoms with Crippen molar-refractivity contribution in [3.8, 4) is 0 Å². The van der Waals surface area contributed by atoms with E-state index in [1.165, 1.54) is 17.4 Å². The van der Waals surface area contributed by atoms with E-state index in [0.29, 0.717) is 0 Å². The van der Waals surface area contributed by atoms with Gasteiger partial charge < -0.3 is 5.41 Å². The van der Waals surface area contributed by atoms with Crippen LogP contribution in [0.5, 0.6) is 0 Å². The smallest absolute Gasteiger partial charge is 0.0252 e. The quantitative estimate of drug-likeness (QED) is 0.633. The number of hydrogen-bond donors (Lipinski definition) is 1. The fourth-order valence-corrected chi connectivity index (χ4v) is 1.70. The van der Waals surface area contributed by atoms with Crippen molar-refractivity contribution in [1.29, 1.82) is 5.41 Å². The lowest BCUT2D eigenvalue weighted by Crippen LogP contribution is -1.98. The first-order chi connectivity index (χ1) is 6.33. The molecule has 0 unspecified atom stereocenters. The molecule has 1 nitrogen and oxygen atoms in total. The van der Waals surface area contributed by atoms with Crippen molar-refractivity contribution in [2.75, 3.05) is 0 Å². The van der Waals surface area contributed by atoms with Crippen molar-refractivity contribution >= 4 is 6.21 Å². The van der Waals surface area contributed by atoms with E-state index >= 15 is 0 Å². The first-order valence-corrected chi connectivity index (χ1v) is 4.89. The van der Waals surface area contributed by atoms with Crippen LogP contribution in [0.1, 0.15) is 33.1 Å². The highest BCUT2D eigenvalue weighted by Crippen LogP contribution is 2.25. The Labute approximate surface area is 80.4 Å². The van der Waals surface area contributed by atoms with E-state index in [1.807, 2.05) is 13.0 Å². The molecular weight excluding hydrogens is 158 g/mol.